The lowest BCUT2D eigenvalue weighted by molar-refractivity contribution is -0.143. The molecule has 2 fully saturated rings. The molecule has 0 bridgehead atoms. The van der Waals surface area contributed by atoms with Gasteiger partial charge in [0.05, 0.1) is 38.0 Å². The van der Waals surface area contributed by atoms with Crippen LogP contribution in [0, 0.1) is 18.8 Å². The van der Waals surface area contributed by atoms with Crippen LogP contribution in [0.1, 0.15) is 66.6 Å². The van der Waals surface area contributed by atoms with E-state index in [1.165, 1.54) is 0 Å². The maximum Gasteiger partial charge on any atom is 0.306 e. The fourth-order valence-corrected chi connectivity index (χ4v) is 5.93. The van der Waals surface area contributed by atoms with Gasteiger partial charge in [-0.3, -0.25) is 14.5 Å². The molecule has 0 spiro atoms. The van der Waals surface area contributed by atoms with E-state index in [2.05, 4.69) is 22.0 Å². The number of amides is 1. The van der Waals surface area contributed by atoms with E-state index in [4.69, 9.17) is 14.2 Å². The minimum atomic E-state index is -0.128. The number of methoxy groups -OCH3 is 1. The second-order valence-corrected chi connectivity index (χ2v) is 11.7. The summed E-state index contributed by atoms with van der Waals surface area (Å²) >= 11 is 0. The highest BCUT2D eigenvalue weighted by Gasteiger charge is 2.34. The lowest BCUT2D eigenvalue weighted by Gasteiger charge is -2.35. The standard InChI is InChI=1S/C35H43N3O5/c1-5-42-34(39)22-31(26-12-13-26)27-9-7-10-29(20-27)43-23-25-16-18-38(19-17-25)32-21-28(41-4)14-15-30(32)35(40)37(3)33-11-6-8-24(2)36-33/h6-11,14-15,20-21,25-26,31H,5,12-13,16-19,22-23H2,1-4H3. The van der Waals surface area contributed by atoms with Crippen molar-refractivity contribution in [3.63, 3.8) is 0 Å². The van der Waals surface area contributed by atoms with E-state index in [9.17, 15) is 9.59 Å². The first-order valence-electron chi connectivity index (χ1n) is 15.4. The van der Waals surface area contributed by atoms with Gasteiger partial charge in [0.25, 0.3) is 5.91 Å². The molecule has 0 N–H and O–H groups in total. The van der Waals surface area contributed by atoms with E-state index in [0.717, 1.165) is 67.2 Å². The Labute approximate surface area is 255 Å². The predicted octanol–water partition coefficient (Wildman–Crippen LogP) is 6.42. The van der Waals surface area contributed by atoms with Crippen LogP contribution in [-0.4, -0.2) is 57.3 Å². The van der Waals surface area contributed by atoms with Crippen LogP contribution in [0.5, 0.6) is 11.5 Å². The second-order valence-electron chi connectivity index (χ2n) is 11.7. The SMILES string of the molecule is CCOC(=O)CC(c1cccc(OCC2CCN(c3cc(OC)ccc3C(=O)N(C)c3cccc(C)n3)CC2)c1)C1CC1. The van der Waals surface area contributed by atoms with Crippen LogP contribution >= 0.6 is 0 Å². The Morgan fingerprint density at radius 1 is 1.00 bits per heavy atom. The number of rotatable bonds is 12. The van der Waals surface area contributed by atoms with Crippen molar-refractivity contribution in [2.45, 2.75) is 51.9 Å². The number of esters is 1. The van der Waals surface area contributed by atoms with E-state index < -0.39 is 0 Å². The number of benzene rings is 2. The highest BCUT2D eigenvalue weighted by Crippen LogP contribution is 2.45. The smallest absolute Gasteiger partial charge is 0.306 e. The number of ether oxygens (including phenoxy) is 3. The van der Waals surface area contributed by atoms with Gasteiger partial charge in [0.15, 0.2) is 0 Å². The predicted molar refractivity (Wildman–Crippen MR) is 168 cm³/mol. The van der Waals surface area contributed by atoms with Crippen molar-refractivity contribution in [2.24, 2.45) is 11.8 Å². The molecule has 1 aliphatic carbocycles. The van der Waals surface area contributed by atoms with Gasteiger partial charge in [-0.1, -0.05) is 18.2 Å². The van der Waals surface area contributed by atoms with Crippen LogP contribution in [-0.2, 0) is 9.53 Å². The number of hydrogen-bond acceptors (Lipinski definition) is 7. The summed E-state index contributed by atoms with van der Waals surface area (Å²) in [6.07, 6.45) is 4.65. The number of carbonyl (C=O) groups is 2. The summed E-state index contributed by atoms with van der Waals surface area (Å²) in [5, 5.41) is 0. The average Bonchev–Trinajstić information content (AvgIpc) is 3.88. The van der Waals surface area contributed by atoms with Gasteiger partial charge in [-0.15, -0.1) is 0 Å². The van der Waals surface area contributed by atoms with Crippen molar-refractivity contribution < 1.29 is 23.8 Å². The van der Waals surface area contributed by atoms with Gasteiger partial charge >= 0.3 is 5.97 Å². The van der Waals surface area contributed by atoms with E-state index in [-0.39, 0.29) is 17.8 Å². The van der Waals surface area contributed by atoms with E-state index in [1.807, 2.05) is 62.4 Å². The van der Waals surface area contributed by atoms with Crippen molar-refractivity contribution in [3.05, 3.63) is 77.5 Å². The molecule has 1 unspecified atom stereocenters. The first-order valence-corrected chi connectivity index (χ1v) is 15.4. The van der Waals surface area contributed by atoms with Crippen molar-refractivity contribution in [3.8, 4) is 11.5 Å². The Balaban J connectivity index is 1.21. The normalized spacial score (nSPS) is 16.0. The van der Waals surface area contributed by atoms with Crippen LogP contribution in [0.25, 0.3) is 0 Å². The summed E-state index contributed by atoms with van der Waals surface area (Å²) in [7, 11) is 3.41. The van der Waals surface area contributed by atoms with E-state index >= 15 is 0 Å². The van der Waals surface area contributed by atoms with Crippen LogP contribution in [0.4, 0.5) is 11.5 Å². The molecule has 3 aromatic rings. The summed E-state index contributed by atoms with van der Waals surface area (Å²) in [6.45, 7) is 6.45. The van der Waals surface area contributed by atoms with Gasteiger partial charge in [0.2, 0.25) is 0 Å². The first-order chi connectivity index (χ1) is 20.9. The maximum absolute atomic E-state index is 13.6. The molecule has 2 aromatic carbocycles. The number of piperidine rings is 1. The zero-order valence-corrected chi connectivity index (χ0v) is 25.8. The largest absolute Gasteiger partial charge is 0.497 e. The minimum absolute atomic E-state index is 0.103. The Morgan fingerprint density at radius 2 is 1.77 bits per heavy atom. The zero-order valence-electron chi connectivity index (χ0n) is 25.8. The Hall–Kier alpha value is -4.07. The molecule has 1 saturated heterocycles. The molecule has 228 valence electrons. The topological polar surface area (TPSA) is 81.2 Å². The van der Waals surface area contributed by atoms with Gasteiger partial charge in [-0.2, -0.15) is 0 Å². The van der Waals surface area contributed by atoms with Gasteiger partial charge in [0, 0.05) is 31.9 Å². The molecule has 43 heavy (non-hydrogen) atoms. The van der Waals surface area contributed by atoms with Gasteiger partial charge in [0.1, 0.15) is 17.3 Å². The molecule has 0 radical (unpaired) electrons. The number of aromatic nitrogens is 1. The third-order valence-corrected chi connectivity index (χ3v) is 8.57. The summed E-state index contributed by atoms with van der Waals surface area (Å²) in [5.74, 6) is 3.10. The van der Waals surface area contributed by atoms with Crippen molar-refractivity contribution in [1.82, 2.24) is 4.98 Å². The van der Waals surface area contributed by atoms with Crippen molar-refractivity contribution in [2.75, 3.05) is 50.3 Å². The molecule has 8 nitrogen and oxygen atoms in total. The third-order valence-electron chi connectivity index (χ3n) is 8.57. The summed E-state index contributed by atoms with van der Waals surface area (Å²) in [5.41, 5.74) is 3.53. The summed E-state index contributed by atoms with van der Waals surface area (Å²) in [6, 6.07) is 19.6. The Bertz CT molecular complexity index is 1410. The maximum atomic E-state index is 13.6. The van der Waals surface area contributed by atoms with Crippen molar-refractivity contribution >= 4 is 23.4 Å². The van der Waals surface area contributed by atoms with Crippen LogP contribution < -0.4 is 19.3 Å². The number of anilines is 2. The van der Waals surface area contributed by atoms with Gasteiger partial charge < -0.3 is 19.1 Å². The molecule has 8 heteroatoms. The highest BCUT2D eigenvalue weighted by molar-refractivity contribution is 6.09. The fourth-order valence-electron chi connectivity index (χ4n) is 5.93. The molecular weight excluding hydrogens is 542 g/mol. The molecule has 1 aliphatic heterocycles. The molecule has 1 aromatic heterocycles. The number of carbonyl (C=O) groups excluding carboxylic acids is 2. The molecule has 1 amide bonds. The van der Waals surface area contributed by atoms with Gasteiger partial charge in [-0.05, 0) is 99.2 Å². The molecule has 1 saturated carbocycles. The third kappa shape index (κ3) is 7.66. The van der Waals surface area contributed by atoms with Gasteiger partial charge in [-0.25, -0.2) is 4.98 Å². The zero-order chi connectivity index (χ0) is 30.3. The van der Waals surface area contributed by atoms with E-state index in [1.54, 1.807) is 19.1 Å². The minimum Gasteiger partial charge on any atom is -0.497 e. The Kier molecular flexibility index (Phi) is 9.85. The monoisotopic (exact) mass is 585 g/mol. The van der Waals surface area contributed by atoms with Crippen LogP contribution in [0.15, 0.2) is 60.7 Å². The molecule has 1 atom stereocenters. The number of aryl methyl sites for hydroxylation is 1. The van der Waals surface area contributed by atoms with Crippen LogP contribution in [0.2, 0.25) is 0 Å². The fraction of sp³-hybridized carbons (Fsp3) is 0.457. The lowest BCUT2D eigenvalue weighted by atomic mass is 9.91. The number of pyridine rings is 1. The van der Waals surface area contributed by atoms with Crippen LogP contribution in [0.3, 0.4) is 0 Å². The molecular formula is C35H43N3O5. The molecule has 2 aliphatic rings. The molecule has 5 rings (SSSR count). The van der Waals surface area contributed by atoms with E-state index in [0.29, 0.717) is 42.9 Å². The average molecular weight is 586 g/mol. The first kappa shape index (κ1) is 30.4. The second kappa shape index (κ2) is 13.9. The number of nitrogens with zero attached hydrogens (tertiary/aromatic N) is 3. The molecule has 2 heterocycles. The lowest BCUT2D eigenvalue weighted by Crippen LogP contribution is -2.37. The summed E-state index contributed by atoms with van der Waals surface area (Å²) < 4.78 is 17.0. The van der Waals surface area contributed by atoms with Crippen molar-refractivity contribution in [1.29, 1.82) is 0 Å². The highest BCUT2D eigenvalue weighted by atomic mass is 16.5. The number of hydrogen-bond donors (Lipinski definition) is 0. The quantitative estimate of drug-likeness (QED) is 0.227. The summed E-state index contributed by atoms with van der Waals surface area (Å²) in [4.78, 5) is 34.3. The Morgan fingerprint density at radius 3 is 2.47 bits per heavy atom.